The van der Waals surface area contributed by atoms with E-state index in [1.54, 1.807) is 0 Å². The fourth-order valence-corrected chi connectivity index (χ4v) is 4.17. The van der Waals surface area contributed by atoms with Crippen LogP contribution in [0.25, 0.3) is 10.9 Å². The molecule has 0 unspecified atom stereocenters. The second-order valence-electron chi connectivity index (χ2n) is 7.82. The summed E-state index contributed by atoms with van der Waals surface area (Å²) in [4.78, 5) is 25.6. The van der Waals surface area contributed by atoms with Crippen LogP contribution in [0.4, 0.5) is 17.6 Å². The van der Waals surface area contributed by atoms with Crippen LogP contribution in [0.15, 0.2) is 24.3 Å². The molecule has 1 heterocycles. The first-order valence-electron chi connectivity index (χ1n) is 10.1. The lowest BCUT2D eigenvalue weighted by Gasteiger charge is -2.11. The van der Waals surface area contributed by atoms with Gasteiger partial charge in [-0.15, -0.1) is 0 Å². The van der Waals surface area contributed by atoms with E-state index in [1.165, 1.54) is 6.92 Å². The summed E-state index contributed by atoms with van der Waals surface area (Å²) in [5.74, 6) is -7.85. The molecule has 1 aliphatic carbocycles. The minimum atomic E-state index is -1.33. The zero-order valence-corrected chi connectivity index (χ0v) is 17.1. The van der Waals surface area contributed by atoms with Crippen LogP contribution in [0.5, 0.6) is 5.75 Å². The van der Waals surface area contributed by atoms with E-state index >= 15 is 0 Å². The number of halogens is 4. The first-order chi connectivity index (χ1) is 15.2. The van der Waals surface area contributed by atoms with Gasteiger partial charge in [-0.1, -0.05) is 0 Å². The summed E-state index contributed by atoms with van der Waals surface area (Å²) >= 11 is 0. The zero-order valence-electron chi connectivity index (χ0n) is 17.1. The van der Waals surface area contributed by atoms with Crippen LogP contribution in [-0.2, 0) is 16.0 Å². The van der Waals surface area contributed by atoms with Crippen LogP contribution in [0, 0.1) is 30.2 Å². The molecule has 0 atom stereocenters. The van der Waals surface area contributed by atoms with Gasteiger partial charge < -0.3 is 9.84 Å². The van der Waals surface area contributed by atoms with Crippen molar-refractivity contribution >= 4 is 22.8 Å². The van der Waals surface area contributed by atoms with Crippen LogP contribution in [0.3, 0.4) is 0 Å². The van der Waals surface area contributed by atoms with Gasteiger partial charge in [-0.2, -0.15) is 0 Å². The average molecular weight is 449 g/mol. The summed E-state index contributed by atoms with van der Waals surface area (Å²) in [6.45, 7) is 1.41. The molecule has 0 amide bonds. The van der Waals surface area contributed by atoms with E-state index in [4.69, 9.17) is 4.74 Å². The highest BCUT2D eigenvalue weighted by Crippen LogP contribution is 2.36. The Bertz CT molecular complexity index is 1250. The number of benzene rings is 2. The first kappa shape index (κ1) is 21.9. The second kappa shape index (κ2) is 8.29. The van der Waals surface area contributed by atoms with Gasteiger partial charge in [-0.3, -0.25) is 14.2 Å². The van der Waals surface area contributed by atoms with Crippen molar-refractivity contribution in [2.45, 2.75) is 45.1 Å². The topological polar surface area (TPSA) is 68.5 Å². The highest BCUT2D eigenvalue weighted by Gasteiger charge is 2.28. The van der Waals surface area contributed by atoms with Crippen molar-refractivity contribution < 1.29 is 37.0 Å². The average Bonchev–Trinajstić information content (AvgIpc) is 3.34. The molecule has 1 saturated carbocycles. The predicted molar refractivity (Wildman–Crippen MR) is 106 cm³/mol. The molecule has 4 rings (SSSR count). The van der Waals surface area contributed by atoms with Crippen LogP contribution in [0.2, 0.25) is 0 Å². The summed E-state index contributed by atoms with van der Waals surface area (Å²) in [6, 6.07) is 3.22. The number of hydrogen-bond acceptors (Lipinski definition) is 4. The van der Waals surface area contributed by atoms with E-state index in [0.717, 1.165) is 48.4 Å². The molecule has 0 bridgehead atoms. The SMILES string of the molecule is Cc1c(CC(=O)OC2CCCC2)c2c(F)c(O)c(F)cc2n1C(=O)c1ccc(F)c(F)c1. The molecule has 2 aromatic carbocycles. The van der Waals surface area contributed by atoms with Gasteiger partial charge in [0.2, 0.25) is 0 Å². The number of rotatable bonds is 4. The predicted octanol–water partition coefficient (Wildman–Crippen LogP) is 4.93. The Labute approximate surface area is 180 Å². The first-order valence-corrected chi connectivity index (χ1v) is 10.1. The molecule has 0 saturated heterocycles. The molecule has 0 aliphatic heterocycles. The van der Waals surface area contributed by atoms with Gasteiger partial charge in [-0.25, -0.2) is 17.6 Å². The van der Waals surface area contributed by atoms with Crippen molar-refractivity contribution in [2.75, 3.05) is 0 Å². The smallest absolute Gasteiger partial charge is 0.310 e. The highest BCUT2D eigenvalue weighted by molar-refractivity contribution is 6.05. The highest BCUT2D eigenvalue weighted by atomic mass is 19.2. The van der Waals surface area contributed by atoms with Gasteiger partial charge in [0, 0.05) is 22.7 Å². The summed E-state index contributed by atoms with van der Waals surface area (Å²) < 4.78 is 62.3. The molecule has 0 spiro atoms. The maximum Gasteiger partial charge on any atom is 0.310 e. The van der Waals surface area contributed by atoms with Crippen molar-refractivity contribution in [3.8, 4) is 5.75 Å². The van der Waals surface area contributed by atoms with E-state index in [2.05, 4.69) is 0 Å². The zero-order chi connectivity index (χ0) is 23.2. The largest absolute Gasteiger partial charge is 0.503 e. The van der Waals surface area contributed by atoms with Crippen molar-refractivity contribution in [3.05, 3.63) is 64.4 Å². The van der Waals surface area contributed by atoms with E-state index < -0.39 is 47.3 Å². The Balaban J connectivity index is 1.84. The fraction of sp³-hybridized carbons (Fsp3) is 0.304. The van der Waals surface area contributed by atoms with Crippen molar-refractivity contribution in [3.63, 3.8) is 0 Å². The second-order valence-corrected chi connectivity index (χ2v) is 7.82. The molecule has 1 N–H and O–H groups in total. The van der Waals surface area contributed by atoms with Crippen molar-refractivity contribution in [1.82, 2.24) is 4.57 Å². The van der Waals surface area contributed by atoms with Crippen LogP contribution >= 0.6 is 0 Å². The Kier molecular flexibility index (Phi) is 5.66. The molecule has 168 valence electrons. The standard InChI is InChI=1S/C23H19F4NO4/c1-11-14(9-19(29)32-13-4-2-3-5-13)20-18(10-17(26)22(30)21(20)27)28(11)23(31)12-6-7-15(24)16(25)8-12/h6-8,10,13,30H,2-5,9H2,1H3. The lowest BCUT2D eigenvalue weighted by atomic mass is 10.1. The number of aromatic nitrogens is 1. The summed E-state index contributed by atoms with van der Waals surface area (Å²) in [6.07, 6.45) is 2.65. The summed E-state index contributed by atoms with van der Waals surface area (Å²) in [5, 5.41) is 9.44. The third kappa shape index (κ3) is 3.72. The van der Waals surface area contributed by atoms with Gasteiger partial charge in [0.25, 0.3) is 5.91 Å². The molecule has 3 aromatic rings. The number of phenols is 1. The molecule has 1 aromatic heterocycles. The number of fused-ring (bicyclic) bond motifs is 1. The van der Waals surface area contributed by atoms with E-state index in [1.807, 2.05) is 0 Å². The quantitative estimate of drug-likeness (QED) is 0.453. The van der Waals surface area contributed by atoms with Gasteiger partial charge in [-0.05, 0) is 56.4 Å². The number of hydrogen-bond donors (Lipinski definition) is 1. The lowest BCUT2D eigenvalue weighted by molar-refractivity contribution is -0.147. The molecule has 1 aliphatic rings. The summed E-state index contributed by atoms with van der Waals surface area (Å²) in [5.41, 5.74) is -0.402. The molecular formula is C23H19F4NO4. The monoisotopic (exact) mass is 449 g/mol. The Hall–Kier alpha value is -3.36. The van der Waals surface area contributed by atoms with Gasteiger partial charge >= 0.3 is 5.97 Å². The normalized spacial score (nSPS) is 14.3. The molecular weight excluding hydrogens is 430 g/mol. The molecule has 5 nitrogen and oxygen atoms in total. The number of aromatic hydroxyl groups is 1. The number of esters is 1. The van der Waals surface area contributed by atoms with Gasteiger partial charge in [0.1, 0.15) is 6.10 Å². The van der Waals surface area contributed by atoms with Gasteiger partial charge in [0.15, 0.2) is 29.0 Å². The Morgan fingerprint density at radius 2 is 1.75 bits per heavy atom. The molecule has 32 heavy (non-hydrogen) atoms. The minimum absolute atomic E-state index is 0.0340. The minimum Gasteiger partial charge on any atom is -0.503 e. The van der Waals surface area contributed by atoms with Gasteiger partial charge in [0.05, 0.1) is 11.9 Å². The van der Waals surface area contributed by atoms with Crippen LogP contribution < -0.4 is 0 Å². The lowest BCUT2D eigenvalue weighted by Crippen LogP contribution is -2.18. The number of ether oxygens (including phenoxy) is 1. The summed E-state index contributed by atoms with van der Waals surface area (Å²) in [7, 11) is 0. The Morgan fingerprint density at radius 1 is 1.06 bits per heavy atom. The maximum absolute atomic E-state index is 14.9. The van der Waals surface area contributed by atoms with Crippen LogP contribution in [0.1, 0.15) is 47.3 Å². The van der Waals surface area contributed by atoms with E-state index in [9.17, 15) is 32.3 Å². The van der Waals surface area contributed by atoms with E-state index in [0.29, 0.717) is 6.07 Å². The Morgan fingerprint density at radius 3 is 2.41 bits per heavy atom. The molecule has 1 fully saturated rings. The van der Waals surface area contributed by atoms with E-state index in [-0.39, 0.29) is 33.8 Å². The van der Waals surface area contributed by atoms with Crippen molar-refractivity contribution in [1.29, 1.82) is 0 Å². The number of carbonyl (C=O) groups is 2. The number of nitrogens with zero attached hydrogens (tertiary/aromatic N) is 1. The molecule has 0 radical (unpaired) electrons. The molecule has 9 heteroatoms. The third-order valence-corrected chi connectivity index (χ3v) is 5.78. The third-order valence-electron chi connectivity index (χ3n) is 5.78. The van der Waals surface area contributed by atoms with Crippen molar-refractivity contribution in [2.24, 2.45) is 0 Å². The number of phenolic OH excluding ortho intramolecular Hbond substituents is 1. The van der Waals surface area contributed by atoms with Crippen LogP contribution in [-0.4, -0.2) is 27.7 Å². The number of carbonyl (C=O) groups excluding carboxylic acids is 2. The fourth-order valence-electron chi connectivity index (χ4n) is 4.17. The maximum atomic E-state index is 14.9.